The molecule has 2 aromatic rings. The zero-order chi connectivity index (χ0) is 19.1. The first-order chi connectivity index (χ1) is 13.0. The molecule has 1 aromatic carbocycles. The minimum atomic E-state index is -0.145. The van der Waals surface area contributed by atoms with Crippen molar-refractivity contribution in [3.8, 4) is 0 Å². The summed E-state index contributed by atoms with van der Waals surface area (Å²) in [5.41, 5.74) is 2.41. The van der Waals surface area contributed by atoms with Crippen LogP contribution in [-0.2, 0) is 11.3 Å². The Labute approximate surface area is 167 Å². The molecule has 0 radical (unpaired) electrons. The molecule has 0 N–H and O–H groups in total. The van der Waals surface area contributed by atoms with Gasteiger partial charge in [0.15, 0.2) is 0 Å². The first-order valence-electron chi connectivity index (χ1n) is 9.15. The highest BCUT2D eigenvalue weighted by Crippen LogP contribution is 2.36. The van der Waals surface area contributed by atoms with Crippen LogP contribution in [0.15, 0.2) is 34.0 Å². The van der Waals surface area contributed by atoms with Gasteiger partial charge >= 0.3 is 0 Å². The molecular weight excluding hydrogens is 378 g/mol. The lowest BCUT2D eigenvalue weighted by Crippen LogP contribution is -2.28. The van der Waals surface area contributed by atoms with Gasteiger partial charge in [-0.1, -0.05) is 42.2 Å². The van der Waals surface area contributed by atoms with Gasteiger partial charge in [-0.05, 0) is 31.9 Å². The Morgan fingerprint density at radius 1 is 1.19 bits per heavy atom. The van der Waals surface area contributed by atoms with E-state index in [4.69, 9.17) is 12.2 Å². The van der Waals surface area contributed by atoms with Crippen LogP contribution in [0.4, 0.5) is 5.69 Å². The predicted molar refractivity (Wildman–Crippen MR) is 116 cm³/mol. The molecular formula is C20H21N3O2S2. The fourth-order valence-corrected chi connectivity index (χ4v) is 4.97. The zero-order valence-electron chi connectivity index (χ0n) is 15.4. The molecule has 1 amide bonds. The number of para-hydroxylation sites is 1. The van der Waals surface area contributed by atoms with Crippen LogP contribution < -0.4 is 10.5 Å². The van der Waals surface area contributed by atoms with E-state index in [9.17, 15) is 9.59 Å². The standard InChI is InChI=1S/C20H21N3O2S2/c1-3-23-15-9-5-4-8-13(15)17(22-10-6-7-11-22)14(18(23)24)12-16-19(25)21(2)20(26)27-16/h4-5,8-9,12H,3,6-7,10-11H2,1-2H3/b16-12-. The number of anilines is 1. The van der Waals surface area contributed by atoms with Crippen molar-refractivity contribution in [3.63, 3.8) is 0 Å². The molecule has 0 atom stereocenters. The molecule has 3 heterocycles. The average molecular weight is 400 g/mol. The summed E-state index contributed by atoms with van der Waals surface area (Å²) in [5.74, 6) is -0.145. The lowest BCUT2D eigenvalue weighted by atomic mass is 10.1. The predicted octanol–water partition coefficient (Wildman–Crippen LogP) is 3.45. The van der Waals surface area contributed by atoms with Crippen LogP contribution in [0, 0.1) is 0 Å². The fourth-order valence-electron chi connectivity index (χ4n) is 3.81. The molecule has 2 aliphatic rings. The number of nitrogens with zero attached hydrogens (tertiary/aromatic N) is 3. The van der Waals surface area contributed by atoms with E-state index < -0.39 is 0 Å². The Morgan fingerprint density at radius 2 is 1.89 bits per heavy atom. The molecule has 4 rings (SSSR count). The second-order valence-electron chi connectivity index (χ2n) is 6.76. The number of aromatic nitrogens is 1. The van der Waals surface area contributed by atoms with Crippen molar-refractivity contribution in [2.24, 2.45) is 0 Å². The van der Waals surface area contributed by atoms with E-state index >= 15 is 0 Å². The number of fused-ring (bicyclic) bond motifs is 1. The van der Waals surface area contributed by atoms with E-state index in [0.717, 1.165) is 42.5 Å². The fraction of sp³-hybridized carbons (Fsp3) is 0.350. The van der Waals surface area contributed by atoms with Gasteiger partial charge in [0.25, 0.3) is 11.5 Å². The number of carbonyl (C=O) groups is 1. The Hall–Kier alpha value is -2.12. The maximum Gasteiger partial charge on any atom is 0.265 e. The van der Waals surface area contributed by atoms with Crippen LogP contribution in [0.25, 0.3) is 17.0 Å². The Kier molecular flexibility index (Phi) is 4.82. The highest BCUT2D eigenvalue weighted by atomic mass is 32.2. The summed E-state index contributed by atoms with van der Waals surface area (Å²) in [7, 11) is 1.67. The van der Waals surface area contributed by atoms with Gasteiger partial charge in [0, 0.05) is 32.1 Å². The summed E-state index contributed by atoms with van der Waals surface area (Å²) in [4.78, 5) is 30.1. The molecule has 1 aromatic heterocycles. The molecule has 2 aliphatic heterocycles. The van der Waals surface area contributed by atoms with Crippen molar-refractivity contribution < 1.29 is 4.79 Å². The van der Waals surface area contributed by atoms with E-state index in [0.29, 0.717) is 21.3 Å². The highest BCUT2D eigenvalue weighted by molar-refractivity contribution is 8.26. The topological polar surface area (TPSA) is 45.6 Å². The van der Waals surface area contributed by atoms with Crippen LogP contribution in [0.5, 0.6) is 0 Å². The number of likely N-dealkylation sites (N-methyl/N-ethyl adjacent to an activating group) is 1. The maximum atomic E-state index is 13.4. The molecule has 2 fully saturated rings. The molecule has 140 valence electrons. The van der Waals surface area contributed by atoms with E-state index in [-0.39, 0.29) is 11.5 Å². The first-order valence-corrected chi connectivity index (χ1v) is 10.4. The van der Waals surface area contributed by atoms with Crippen LogP contribution in [0.3, 0.4) is 0 Å². The lowest BCUT2D eigenvalue weighted by Gasteiger charge is -2.24. The number of carbonyl (C=O) groups excluding carboxylic acids is 1. The van der Waals surface area contributed by atoms with Crippen molar-refractivity contribution in [1.29, 1.82) is 0 Å². The van der Waals surface area contributed by atoms with Crippen molar-refractivity contribution in [1.82, 2.24) is 9.47 Å². The number of thioether (sulfide) groups is 1. The third kappa shape index (κ3) is 2.99. The van der Waals surface area contributed by atoms with Crippen molar-refractivity contribution in [3.05, 3.63) is 45.1 Å². The van der Waals surface area contributed by atoms with E-state index in [2.05, 4.69) is 11.0 Å². The summed E-state index contributed by atoms with van der Waals surface area (Å²) in [6.07, 6.45) is 3.97. The third-order valence-corrected chi connectivity index (χ3v) is 6.67. The summed E-state index contributed by atoms with van der Waals surface area (Å²) in [5, 5.41) is 1.05. The monoisotopic (exact) mass is 399 g/mol. The number of hydrogen-bond donors (Lipinski definition) is 0. The van der Waals surface area contributed by atoms with Gasteiger partial charge in [-0.15, -0.1) is 0 Å². The Balaban J connectivity index is 2.03. The van der Waals surface area contributed by atoms with Gasteiger partial charge < -0.3 is 9.47 Å². The number of rotatable bonds is 3. The molecule has 0 bridgehead atoms. The van der Waals surface area contributed by atoms with Crippen molar-refractivity contribution >= 4 is 56.9 Å². The van der Waals surface area contributed by atoms with E-state index in [1.54, 1.807) is 17.7 Å². The molecule has 0 aliphatic carbocycles. The summed E-state index contributed by atoms with van der Waals surface area (Å²) >= 11 is 6.50. The lowest BCUT2D eigenvalue weighted by molar-refractivity contribution is -0.121. The number of benzene rings is 1. The van der Waals surface area contributed by atoms with Crippen molar-refractivity contribution in [2.75, 3.05) is 25.0 Å². The SMILES string of the molecule is CCn1c(=O)c(/C=C2\SC(=S)N(C)C2=O)c(N2CCCC2)c2ccccc21. The number of hydrogen-bond acceptors (Lipinski definition) is 5. The van der Waals surface area contributed by atoms with Crippen LogP contribution >= 0.6 is 24.0 Å². The van der Waals surface area contributed by atoms with E-state index in [1.807, 2.05) is 25.1 Å². The molecule has 5 nitrogen and oxygen atoms in total. The minimum Gasteiger partial charge on any atom is -0.370 e. The number of aryl methyl sites for hydroxylation is 1. The maximum absolute atomic E-state index is 13.4. The molecule has 0 spiro atoms. The number of thiocarbonyl (C=S) groups is 1. The van der Waals surface area contributed by atoms with Gasteiger partial charge in [-0.2, -0.15) is 0 Å². The third-order valence-electron chi connectivity index (χ3n) is 5.18. The second-order valence-corrected chi connectivity index (χ2v) is 8.44. The molecule has 7 heteroatoms. The van der Waals surface area contributed by atoms with Gasteiger partial charge in [-0.25, -0.2) is 0 Å². The van der Waals surface area contributed by atoms with Gasteiger partial charge in [-0.3, -0.25) is 14.5 Å². The Bertz CT molecular complexity index is 1040. The van der Waals surface area contributed by atoms with Crippen LogP contribution in [0.2, 0.25) is 0 Å². The van der Waals surface area contributed by atoms with E-state index in [1.165, 1.54) is 16.7 Å². The number of amides is 1. The molecule has 0 saturated carbocycles. The molecule has 0 unspecified atom stereocenters. The normalized spacial score (nSPS) is 19.1. The molecule has 2 saturated heterocycles. The van der Waals surface area contributed by atoms with Crippen molar-refractivity contribution in [2.45, 2.75) is 26.3 Å². The summed E-state index contributed by atoms with van der Waals surface area (Å²) in [6.45, 7) is 4.40. The summed E-state index contributed by atoms with van der Waals surface area (Å²) in [6, 6.07) is 8.03. The smallest absolute Gasteiger partial charge is 0.265 e. The number of pyridine rings is 1. The average Bonchev–Trinajstić information content (AvgIpc) is 3.28. The van der Waals surface area contributed by atoms with Crippen LogP contribution in [-0.4, -0.2) is 39.8 Å². The minimum absolute atomic E-state index is 0.0560. The molecule has 27 heavy (non-hydrogen) atoms. The van der Waals surface area contributed by atoms with Gasteiger partial charge in [0.2, 0.25) is 0 Å². The van der Waals surface area contributed by atoms with Gasteiger partial charge in [0.1, 0.15) is 4.32 Å². The summed E-state index contributed by atoms with van der Waals surface area (Å²) < 4.78 is 2.30. The second kappa shape index (κ2) is 7.13. The quantitative estimate of drug-likeness (QED) is 0.584. The first kappa shape index (κ1) is 18.3. The van der Waals surface area contributed by atoms with Crippen LogP contribution in [0.1, 0.15) is 25.3 Å². The largest absolute Gasteiger partial charge is 0.370 e. The zero-order valence-corrected chi connectivity index (χ0v) is 17.0. The highest BCUT2D eigenvalue weighted by Gasteiger charge is 2.30. The Morgan fingerprint density at radius 3 is 2.52 bits per heavy atom. The van der Waals surface area contributed by atoms with Gasteiger partial charge in [0.05, 0.1) is 21.7 Å².